The molecule has 5 nitrogen and oxygen atoms in total. The normalized spacial score (nSPS) is 10.5. The van der Waals surface area contributed by atoms with Crippen LogP contribution in [0.3, 0.4) is 0 Å². The maximum atomic E-state index is 12.5. The van der Waals surface area contributed by atoms with E-state index in [0.717, 1.165) is 6.20 Å². The van der Waals surface area contributed by atoms with Gasteiger partial charge in [-0.25, -0.2) is 8.78 Å². The van der Waals surface area contributed by atoms with Gasteiger partial charge in [0.15, 0.2) is 0 Å². The van der Waals surface area contributed by atoms with E-state index in [-0.39, 0.29) is 10.4 Å². The first-order valence-corrected chi connectivity index (χ1v) is 5.26. The first-order valence-electron chi connectivity index (χ1n) is 4.49. The quantitative estimate of drug-likeness (QED) is 0.913. The van der Waals surface area contributed by atoms with Gasteiger partial charge in [-0.05, 0) is 17.6 Å². The molecule has 0 aromatic carbocycles. The van der Waals surface area contributed by atoms with Crippen LogP contribution in [0.5, 0.6) is 0 Å². The Morgan fingerprint density at radius 1 is 1.35 bits per heavy atom. The van der Waals surface area contributed by atoms with Crippen molar-refractivity contribution in [2.45, 2.75) is 6.43 Å². The van der Waals surface area contributed by atoms with E-state index in [4.69, 9.17) is 0 Å². The Morgan fingerprint density at radius 3 is 2.82 bits per heavy atom. The molecular formula is C9H6F2N4OS. The van der Waals surface area contributed by atoms with Gasteiger partial charge in [0.25, 0.3) is 12.3 Å². The van der Waals surface area contributed by atoms with Crippen molar-refractivity contribution in [2.24, 2.45) is 0 Å². The van der Waals surface area contributed by atoms with Gasteiger partial charge in [0.1, 0.15) is 4.88 Å². The molecule has 0 aliphatic rings. The molecule has 0 bridgehead atoms. The fourth-order valence-corrected chi connectivity index (χ4v) is 1.73. The van der Waals surface area contributed by atoms with Crippen molar-refractivity contribution in [3.05, 3.63) is 35.1 Å². The molecule has 8 heteroatoms. The average molecular weight is 256 g/mol. The van der Waals surface area contributed by atoms with Crippen LogP contribution in [0.1, 0.15) is 21.7 Å². The van der Waals surface area contributed by atoms with Gasteiger partial charge in [0.05, 0.1) is 29.8 Å². The number of nitrogens with one attached hydrogen (secondary N) is 1. The van der Waals surface area contributed by atoms with Crippen LogP contribution < -0.4 is 5.32 Å². The third kappa shape index (κ3) is 2.59. The second kappa shape index (κ2) is 4.91. The Morgan fingerprint density at radius 2 is 2.18 bits per heavy atom. The Kier molecular flexibility index (Phi) is 3.33. The van der Waals surface area contributed by atoms with Gasteiger partial charge in [0.2, 0.25) is 0 Å². The monoisotopic (exact) mass is 256 g/mol. The zero-order valence-corrected chi connectivity index (χ0v) is 9.12. The molecule has 0 spiro atoms. The maximum absolute atomic E-state index is 12.5. The second-order valence-electron chi connectivity index (χ2n) is 2.99. The summed E-state index contributed by atoms with van der Waals surface area (Å²) >= 11 is 0.608. The zero-order valence-electron chi connectivity index (χ0n) is 8.30. The number of amides is 1. The van der Waals surface area contributed by atoms with E-state index in [1.807, 2.05) is 0 Å². The minimum Gasteiger partial charge on any atom is -0.320 e. The summed E-state index contributed by atoms with van der Waals surface area (Å²) < 4.78 is 28.6. The van der Waals surface area contributed by atoms with Crippen LogP contribution in [0.25, 0.3) is 0 Å². The number of halogens is 2. The number of carbonyl (C=O) groups excluding carboxylic acids is 1. The second-order valence-corrected chi connectivity index (χ2v) is 3.82. The van der Waals surface area contributed by atoms with Gasteiger partial charge in [-0.3, -0.25) is 4.79 Å². The van der Waals surface area contributed by atoms with Crippen LogP contribution in [-0.2, 0) is 0 Å². The average Bonchev–Trinajstić information content (AvgIpc) is 2.79. The molecule has 0 atom stereocenters. The van der Waals surface area contributed by atoms with Crippen molar-refractivity contribution in [2.75, 3.05) is 5.32 Å². The molecule has 2 rings (SSSR count). The van der Waals surface area contributed by atoms with Crippen LogP contribution in [0, 0.1) is 0 Å². The van der Waals surface area contributed by atoms with Crippen molar-refractivity contribution in [3.63, 3.8) is 0 Å². The Balaban J connectivity index is 2.18. The van der Waals surface area contributed by atoms with Gasteiger partial charge in [0, 0.05) is 0 Å². The highest BCUT2D eigenvalue weighted by Gasteiger charge is 2.21. The predicted octanol–water partition coefficient (Wildman–Crippen LogP) is 2.12. The highest BCUT2D eigenvalue weighted by atomic mass is 32.1. The number of hydrogen-bond donors (Lipinski definition) is 1. The third-order valence-electron chi connectivity index (χ3n) is 1.88. The van der Waals surface area contributed by atoms with Crippen molar-refractivity contribution in [3.8, 4) is 0 Å². The molecule has 0 aliphatic heterocycles. The van der Waals surface area contributed by atoms with E-state index in [2.05, 4.69) is 19.9 Å². The molecule has 0 radical (unpaired) electrons. The highest BCUT2D eigenvalue weighted by molar-refractivity contribution is 7.06. The lowest BCUT2D eigenvalue weighted by molar-refractivity contribution is 0.101. The number of rotatable bonds is 3. The topological polar surface area (TPSA) is 67.8 Å². The summed E-state index contributed by atoms with van der Waals surface area (Å²) in [5.74, 6) is -0.637. The minimum atomic E-state index is -2.71. The minimum absolute atomic E-state index is 0.123. The van der Waals surface area contributed by atoms with E-state index in [9.17, 15) is 13.6 Å². The van der Waals surface area contributed by atoms with E-state index < -0.39 is 12.3 Å². The summed E-state index contributed by atoms with van der Waals surface area (Å²) in [6.45, 7) is 0. The van der Waals surface area contributed by atoms with Gasteiger partial charge in [-0.2, -0.15) is 14.6 Å². The zero-order chi connectivity index (χ0) is 12.3. The lowest BCUT2D eigenvalue weighted by Crippen LogP contribution is -2.13. The SMILES string of the molecule is O=C(Nc1ccnnc1)c1cnsc1C(F)F. The molecule has 2 heterocycles. The molecule has 1 N–H and O–H groups in total. The molecule has 0 unspecified atom stereocenters. The van der Waals surface area contributed by atoms with E-state index in [1.165, 1.54) is 18.5 Å². The number of aromatic nitrogens is 3. The van der Waals surface area contributed by atoms with Crippen LogP contribution in [0.2, 0.25) is 0 Å². The molecule has 0 saturated heterocycles. The van der Waals surface area contributed by atoms with Crippen LogP contribution in [0.15, 0.2) is 24.7 Å². The van der Waals surface area contributed by atoms with Gasteiger partial charge in [-0.1, -0.05) is 0 Å². The Labute approximate surface area is 98.7 Å². The summed E-state index contributed by atoms with van der Waals surface area (Å²) in [6, 6.07) is 1.51. The molecular weight excluding hydrogens is 250 g/mol. The van der Waals surface area contributed by atoms with Crippen LogP contribution in [-0.4, -0.2) is 20.5 Å². The van der Waals surface area contributed by atoms with Gasteiger partial charge < -0.3 is 5.32 Å². The molecule has 1 amide bonds. The lowest BCUT2D eigenvalue weighted by Gasteiger charge is -2.03. The standard InChI is InChI=1S/C9H6F2N4OS/c10-8(11)7-6(4-14-17-7)9(16)15-5-1-2-12-13-3-5/h1-4,8H,(H,12,15,16). The Bertz CT molecular complexity index is 517. The molecule has 17 heavy (non-hydrogen) atoms. The van der Waals surface area contributed by atoms with Crippen molar-refractivity contribution < 1.29 is 13.6 Å². The number of alkyl halides is 2. The molecule has 0 fully saturated rings. The number of anilines is 1. The number of hydrogen-bond acceptors (Lipinski definition) is 5. The van der Waals surface area contributed by atoms with E-state index >= 15 is 0 Å². The van der Waals surface area contributed by atoms with Gasteiger partial charge >= 0.3 is 0 Å². The number of carbonyl (C=O) groups is 1. The largest absolute Gasteiger partial charge is 0.320 e. The fourth-order valence-electron chi connectivity index (χ4n) is 1.14. The summed E-state index contributed by atoms with van der Waals surface area (Å²) in [6.07, 6.45) is 1.12. The summed E-state index contributed by atoms with van der Waals surface area (Å²) in [7, 11) is 0. The molecule has 0 saturated carbocycles. The van der Waals surface area contributed by atoms with Crippen molar-refractivity contribution >= 4 is 23.1 Å². The van der Waals surface area contributed by atoms with Crippen molar-refractivity contribution in [1.29, 1.82) is 0 Å². The van der Waals surface area contributed by atoms with Crippen LogP contribution in [0.4, 0.5) is 14.5 Å². The molecule has 2 aromatic heterocycles. The summed E-state index contributed by atoms with van der Waals surface area (Å²) in [5.41, 5.74) is 0.262. The summed E-state index contributed by atoms with van der Waals surface area (Å²) in [5, 5.41) is 9.51. The predicted molar refractivity (Wildman–Crippen MR) is 57.1 cm³/mol. The van der Waals surface area contributed by atoms with Crippen LogP contribution >= 0.6 is 11.5 Å². The first-order chi connectivity index (χ1) is 8.18. The van der Waals surface area contributed by atoms with Gasteiger partial charge in [-0.15, -0.1) is 0 Å². The molecule has 0 aliphatic carbocycles. The lowest BCUT2D eigenvalue weighted by atomic mass is 10.2. The smallest absolute Gasteiger partial charge is 0.275 e. The molecule has 2 aromatic rings. The van der Waals surface area contributed by atoms with Crippen molar-refractivity contribution in [1.82, 2.24) is 14.6 Å². The first kappa shape index (κ1) is 11.5. The highest BCUT2D eigenvalue weighted by Crippen LogP contribution is 2.26. The third-order valence-corrected chi connectivity index (χ3v) is 2.69. The molecule has 88 valence electrons. The Hall–Kier alpha value is -1.96. The fraction of sp³-hybridized carbons (Fsp3) is 0.111. The number of nitrogens with zero attached hydrogens (tertiary/aromatic N) is 3. The van der Waals surface area contributed by atoms with E-state index in [0.29, 0.717) is 17.2 Å². The van der Waals surface area contributed by atoms with E-state index in [1.54, 1.807) is 0 Å². The maximum Gasteiger partial charge on any atom is 0.275 e. The summed E-state index contributed by atoms with van der Waals surface area (Å²) in [4.78, 5) is 11.3.